The third kappa shape index (κ3) is 9.07. The Kier molecular flexibility index (Phi) is 10.9. The topological polar surface area (TPSA) is 35.5 Å². The lowest BCUT2D eigenvalue weighted by Crippen LogP contribution is -2.08. The van der Waals surface area contributed by atoms with Crippen molar-refractivity contribution in [3.8, 4) is 11.5 Å². The second-order valence-electron chi connectivity index (χ2n) is 7.26. The van der Waals surface area contributed by atoms with E-state index >= 15 is 0 Å². The molecule has 2 aromatic carbocycles. The molecule has 152 valence electrons. The average Bonchev–Trinajstić information content (AvgIpc) is 2.73. The molecule has 0 radical (unpaired) electrons. The number of para-hydroxylation sites is 1. The summed E-state index contributed by atoms with van der Waals surface area (Å²) < 4.78 is 11.1. The number of carbonyl (C=O) groups is 1. The van der Waals surface area contributed by atoms with Crippen LogP contribution < -0.4 is 9.47 Å². The van der Waals surface area contributed by atoms with Gasteiger partial charge in [-0.1, -0.05) is 82.9 Å². The molecule has 3 heteroatoms. The lowest BCUT2D eigenvalue weighted by molar-refractivity contribution is 0.0734. The van der Waals surface area contributed by atoms with Gasteiger partial charge in [-0.25, -0.2) is 4.79 Å². The molecule has 0 saturated heterocycles. The zero-order valence-electron chi connectivity index (χ0n) is 17.2. The quantitative estimate of drug-likeness (QED) is 0.197. The second kappa shape index (κ2) is 13.8. The van der Waals surface area contributed by atoms with Crippen LogP contribution in [0.15, 0.2) is 54.6 Å². The fourth-order valence-corrected chi connectivity index (χ4v) is 3.12. The van der Waals surface area contributed by atoms with Crippen molar-refractivity contribution in [1.29, 1.82) is 0 Å². The van der Waals surface area contributed by atoms with Gasteiger partial charge in [-0.15, -0.1) is 0 Å². The van der Waals surface area contributed by atoms with E-state index in [2.05, 4.69) is 6.92 Å². The summed E-state index contributed by atoms with van der Waals surface area (Å²) in [7, 11) is 0. The van der Waals surface area contributed by atoms with Crippen molar-refractivity contribution in [2.45, 2.75) is 71.1 Å². The van der Waals surface area contributed by atoms with Gasteiger partial charge in [0.05, 0.1) is 12.2 Å². The molecule has 2 rings (SSSR count). The summed E-state index contributed by atoms with van der Waals surface area (Å²) >= 11 is 0. The molecule has 0 bridgehead atoms. The van der Waals surface area contributed by atoms with Gasteiger partial charge in [0.1, 0.15) is 11.5 Å². The first-order valence-electron chi connectivity index (χ1n) is 10.8. The summed E-state index contributed by atoms with van der Waals surface area (Å²) in [4.78, 5) is 12.1. The van der Waals surface area contributed by atoms with Gasteiger partial charge < -0.3 is 9.47 Å². The van der Waals surface area contributed by atoms with Crippen LogP contribution in [0.1, 0.15) is 81.5 Å². The molecule has 0 fully saturated rings. The number of hydrogen-bond acceptors (Lipinski definition) is 3. The summed E-state index contributed by atoms with van der Waals surface area (Å²) in [5.74, 6) is 0.994. The number of ether oxygens (including phenoxy) is 2. The largest absolute Gasteiger partial charge is 0.494 e. The molecule has 0 N–H and O–H groups in total. The van der Waals surface area contributed by atoms with Crippen molar-refractivity contribution in [3.63, 3.8) is 0 Å². The van der Waals surface area contributed by atoms with E-state index < -0.39 is 0 Å². The number of hydrogen-bond donors (Lipinski definition) is 0. The summed E-state index contributed by atoms with van der Waals surface area (Å²) in [6, 6.07) is 16.3. The number of rotatable bonds is 14. The van der Waals surface area contributed by atoms with Gasteiger partial charge in [0.15, 0.2) is 0 Å². The van der Waals surface area contributed by atoms with Crippen LogP contribution in [0.2, 0.25) is 0 Å². The average molecular weight is 383 g/mol. The molecule has 0 heterocycles. The number of carbonyl (C=O) groups excluding carboxylic acids is 1. The molecule has 0 aliphatic rings. The maximum Gasteiger partial charge on any atom is 0.343 e. The molecule has 3 nitrogen and oxygen atoms in total. The van der Waals surface area contributed by atoms with E-state index in [1.54, 1.807) is 24.3 Å². The molecular formula is C25H34O3. The Morgan fingerprint density at radius 2 is 1.25 bits per heavy atom. The highest BCUT2D eigenvalue weighted by atomic mass is 16.5. The van der Waals surface area contributed by atoms with Crippen molar-refractivity contribution < 1.29 is 14.3 Å². The summed E-state index contributed by atoms with van der Waals surface area (Å²) in [6.07, 6.45) is 13.2. The van der Waals surface area contributed by atoms with Crippen LogP contribution in [0.4, 0.5) is 0 Å². The van der Waals surface area contributed by atoms with E-state index in [0.717, 1.165) is 18.8 Å². The number of unbranched alkanes of at least 4 members (excludes halogenated alkanes) is 9. The highest BCUT2D eigenvalue weighted by Gasteiger charge is 2.08. The van der Waals surface area contributed by atoms with Gasteiger partial charge in [-0.2, -0.15) is 0 Å². The van der Waals surface area contributed by atoms with Gasteiger partial charge in [-0.3, -0.25) is 0 Å². The molecule has 0 unspecified atom stereocenters. The van der Waals surface area contributed by atoms with Gasteiger partial charge in [-0.05, 0) is 42.8 Å². The van der Waals surface area contributed by atoms with Crippen molar-refractivity contribution in [2.75, 3.05) is 6.61 Å². The Balaban J connectivity index is 1.54. The first-order valence-corrected chi connectivity index (χ1v) is 10.8. The minimum absolute atomic E-state index is 0.354. The molecule has 0 aliphatic carbocycles. The second-order valence-corrected chi connectivity index (χ2v) is 7.26. The van der Waals surface area contributed by atoms with E-state index in [4.69, 9.17) is 9.47 Å². The van der Waals surface area contributed by atoms with Crippen molar-refractivity contribution in [1.82, 2.24) is 0 Å². The monoisotopic (exact) mass is 382 g/mol. The summed E-state index contributed by atoms with van der Waals surface area (Å²) in [5.41, 5.74) is 0.523. The van der Waals surface area contributed by atoms with Crippen molar-refractivity contribution in [3.05, 3.63) is 60.2 Å². The lowest BCUT2D eigenvalue weighted by atomic mass is 10.1. The standard InChI is InChI=1S/C25H34O3/c1-2-3-4-5-6-7-8-9-10-14-21-27-23-19-17-22(18-20-23)25(26)28-24-15-12-11-13-16-24/h11-13,15-20H,2-10,14,21H2,1H3. The Labute approximate surface area is 170 Å². The third-order valence-electron chi connectivity index (χ3n) is 4.81. The van der Waals surface area contributed by atoms with Crippen LogP contribution in [0.5, 0.6) is 11.5 Å². The maximum atomic E-state index is 12.1. The SMILES string of the molecule is CCCCCCCCCCCCOc1ccc(C(=O)Oc2ccccc2)cc1. The maximum absolute atomic E-state index is 12.1. The summed E-state index contributed by atoms with van der Waals surface area (Å²) in [6.45, 7) is 2.99. The van der Waals surface area contributed by atoms with Crippen LogP contribution in [0.25, 0.3) is 0 Å². The molecule has 0 spiro atoms. The molecule has 0 atom stereocenters. The lowest BCUT2D eigenvalue weighted by Gasteiger charge is -2.08. The van der Waals surface area contributed by atoms with E-state index in [-0.39, 0.29) is 5.97 Å². The fourth-order valence-electron chi connectivity index (χ4n) is 3.12. The first-order chi connectivity index (χ1) is 13.8. The van der Waals surface area contributed by atoms with E-state index in [1.807, 2.05) is 30.3 Å². The minimum Gasteiger partial charge on any atom is -0.494 e. The predicted molar refractivity (Wildman–Crippen MR) is 115 cm³/mol. The van der Waals surface area contributed by atoms with Gasteiger partial charge in [0.25, 0.3) is 0 Å². The molecule has 28 heavy (non-hydrogen) atoms. The zero-order valence-corrected chi connectivity index (χ0v) is 17.2. The number of esters is 1. The zero-order chi connectivity index (χ0) is 19.9. The van der Waals surface area contributed by atoms with Crippen LogP contribution >= 0.6 is 0 Å². The van der Waals surface area contributed by atoms with Gasteiger partial charge in [0, 0.05) is 0 Å². The van der Waals surface area contributed by atoms with Crippen LogP contribution in [-0.2, 0) is 0 Å². The van der Waals surface area contributed by atoms with E-state index in [0.29, 0.717) is 11.3 Å². The van der Waals surface area contributed by atoms with E-state index in [9.17, 15) is 4.79 Å². The van der Waals surface area contributed by atoms with Crippen LogP contribution in [-0.4, -0.2) is 12.6 Å². The van der Waals surface area contributed by atoms with Gasteiger partial charge in [0.2, 0.25) is 0 Å². The Hall–Kier alpha value is -2.29. The predicted octanol–water partition coefficient (Wildman–Crippen LogP) is 7.21. The highest BCUT2D eigenvalue weighted by molar-refractivity contribution is 5.91. The smallest absolute Gasteiger partial charge is 0.343 e. The van der Waals surface area contributed by atoms with Gasteiger partial charge >= 0.3 is 5.97 Å². The Morgan fingerprint density at radius 3 is 1.86 bits per heavy atom. The summed E-state index contributed by atoms with van der Waals surface area (Å²) in [5, 5.41) is 0. The normalized spacial score (nSPS) is 10.6. The Bertz CT molecular complexity index is 649. The van der Waals surface area contributed by atoms with Crippen LogP contribution in [0.3, 0.4) is 0 Å². The molecule has 2 aromatic rings. The minimum atomic E-state index is -0.354. The molecule has 0 aromatic heterocycles. The molecular weight excluding hydrogens is 348 g/mol. The molecule has 0 saturated carbocycles. The first kappa shape index (κ1) is 22.0. The molecule has 0 amide bonds. The van der Waals surface area contributed by atoms with Crippen molar-refractivity contribution in [2.24, 2.45) is 0 Å². The highest BCUT2D eigenvalue weighted by Crippen LogP contribution is 2.16. The molecule has 0 aliphatic heterocycles. The number of benzene rings is 2. The van der Waals surface area contributed by atoms with Crippen LogP contribution in [0, 0.1) is 0 Å². The Morgan fingerprint density at radius 1 is 0.679 bits per heavy atom. The fraction of sp³-hybridized carbons (Fsp3) is 0.480. The van der Waals surface area contributed by atoms with Crippen molar-refractivity contribution >= 4 is 5.97 Å². The third-order valence-corrected chi connectivity index (χ3v) is 4.81. The van der Waals surface area contributed by atoms with E-state index in [1.165, 1.54) is 57.8 Å².